The molecule has 17 heavy (non-hydrogen) atoms. The molecule has 0 unspecified atom stereocenters. The summed E-state index contributed by atoms with van der Waals surface area (Å²) in [6.45, 7) is 3.77. The molecular weight excluding hydrogens is 242 g/mol. The summed E-state index contributed by atoms with van der Waals surface area (Å²) < 4.78 is 4.82. The number of carboxylic acids is 1. The van der Waals surface area contributed by atoms with Crippen molar-refractivity contribution >= 4 is 24.6 Å². The summed E-state index contributed by atoms with van der Waals surface area (Å²) in [6, 6.07) is 0. The molecule has 0 aliphatic carbocycles. The van der Waals surface area contributed by atoms with Crippen molar-refractivity contribution in [1.82, 2.24) is 4.90 Å². The normalized spacial score (nSPS) is 16.9. The van der Waals surface area contributed by atoms with Gasteiger partial charge in [-0.2, -0.15) is 12.6 Å². The second-order valence-electron chi connectivity index (χ2n) is 3.69. The van der Waals surface area contributed by atoms with Gasteiger partial charge in [0.15, 0.2) is 0 Å². The molecule has 100 valence electrons. The van der Waals surface area contributed by atoms with E-state index in [0.29, 0.717) is 32.5 Å². The van der Waals surface area contributed by atoms with Crippen LogP contribution in [0.5, 0.6) is 0 Å². The van der Waals surface area contributed by atoms with Crippen LogP contribution in [0.4, 0.5) is 0 Å². The van der Waals surface area contributed by atoms with Gasteiger partial charge in [-0.05, 0) is 39.1 Å². The lowest BCUT2D eigenvalue weighted by Gasteiger charge is -2.28. The molecule has 1 rings (SSSR count). The number of ether oxygens (including phenoxy) is 1. The predicted octanol–water partition coefficient (Wildman–Crippen LogP) is 0.892. The van der Waals surface area contributed by atoms with Crippen LogP contribution in [0.25, 0.3) is 0 Å². The van der Waals surface area contributed by atoms with E-state index in [9.17, 15) is 9.59 Å². The number of hydrogen-bond donors (Lipinski definition) is 2. The molecule has 0 aromatic heterocycles. The lowest BCUT2D eigenvalue weighted by atomic mass is 9.97. The van der Waals surface area contributed by atoms with Crippen molar-refractivity contribution in [2.75, 3.05) is 32.5 Å². The quantitative estimate of drug-likeness (QED) is 0.582. The van der Waals surface area contributed by atoms with Crippen LogP contribution in [-0.2, 0) is 14.3 Å². The number of aliphatic carboxylic acids is 1. The molecule has 1 saturated heterocycles. The van der Waals surface area contributed by atoms with Crippen molar-refractivity contribution in [2.45, 2.75) is 19.8 Å². The van der Waals surface area contributed by atoms with E-state index in [2.05, 4.69) is 12.6 Å². The molecule has 0 radical (unpaired) electrons. The van der Waals surface area contributed by atoms with Crippen LogP contribution in [-0.4, -0.2) is 54.4 Å². The maximum Gasteiger partial charge on any atom is 0.320 e. The van der Waals surface area contributed by atoms with Crippen LogP contribution in [0.2, 0.25) is 0 Å². The van der Waals surface area contributed by atoms with Gasteiger partial charge in [0, 0.05) is 0 Å². The smallest absolute Gasteiger partial charge is 0.320 e. The molecule has 6 heteroatoms. The van der Waals surface area contributed by atoms with Crippen molar-refractivity contribution in [3.05, 3.63) is 0 Å². The summed E-state index contributed by atoms with van der Waals surface area (Å²) in [4.78, 5) is 23.8. The van der Waals surface area contributed by atoms with E-state index in [4.69, 9.17) is 9.84 Å². The number of carbonyl (C=O) groups excluding carboxylic acids is 1. The number of piperidine rings is 1. The van der Waals surface area contributed by atoms with Gasteiger partial charge in [-0.15, -0.1) is 0 Å². The first-order valence-corrected chi connectivity index (χ1v) is 6.58. The third-order valence-corrected chi connectivity index (χ3v) is 2.59. The number of thiol groups is 1. The van der Waals surface area contributed by atoms with Crippen molar-refractivity contribution in [3.8, 4) is 0 Å². The van der Waals surface area contributed by atoms with E-state index in [0.717, 1.165) is 0 Å². The van der Waals surface area contributed by atoms with Gasteiger partial charge in [0.25, 0.3) is 0 Å². The second kappa shape index (κ2) is 9.30. The topological polar surface area (TPSA) is 66.8 Å². The summed E-state index contributed by atoms with van der Waals surface area (Å²) in [7, 11) is 0. The average Bonchev–Trinajstić information content (AvgIpc) is 2.32. The average molecular weight is 263 g/mol. The summed E-state index contributed by atoms with van der Waals surface area (Å²) in [5, 5.41) is 8.78. The van der Waals surface area contributed by atoms with Gasteiger partial charge in [-0.25, -0.2) is 0 Å². The molecule has 0 atom stereocenters. The summed E-state index contributed by atoms with van der Waals surface area (Å²) in [5.74, 6) is -1.21. The molecule has 1 fully saturated rings. The number of esters is 1. The van der Waals surface area contributed by atoms with E-state index < -0.39 is 5.97 Å². The van der Waals surface area contributed by atoms with Gasteiger partial charge < -0.3 is 9.84 Å². The van der Waals surface area contributed by atoms with Crippen LogP contribution in [0.3, 0.4) is 0 Å². The number of rotatable bonds is 4. The second-order valence-corrected chi connectivity index (χ2v) is 3.69. The maximum atomic E-state index is 11.1. The Labute approximate surface area is 108 Å². The van der Waals surface area contributed by atoms with Gasteiger partial charge in [0.05, 0.1) is 19.1 Å². The predicted molar refractivity (Wildman–Crippen MR) is 68.3 cm³/mol. The molecule has 1 N–H and O–H groups in total. The molecule has 0 spiro atoms. The van der Waals surface area contributed by atoms with Crippen LogP contribution in [0, 0.1) is 5.92 Å². The minimum atomic E-state index is -0.731. The zero-order valence-electron chi connectivity index (χ0n) is 10.4. The third kappa shape index (κ3) is 6.53. The van der Waals surface area contributed by atoms with Gasteiger partial charge in [0.2, 0.25) is 0 Å². The monoisotopic (exact) mass is 263 g/mol. The molecular formula is C11H21NO4S. The number of nitrogens with zero attached hydrogens (tertiary/aromatic N) is 1. The number of likely N-dealkylation sites (tertiary alicyclic amines) is 1. The highest BCUT2D eigenvalue weighted by molar-refractivity contribution is 7.79. The molecule has 5 nitrogen and oxygen atoms in total. The van der Waals surface area contributed by atoms with Crippen LogP contribution < -0.4 is 0 Å². The highest BCUT2D eigenvalue weighted by Crippen LogP contribution is 2.16. The lowest BCUT2D eigenvalue weighted by Crippen LogP contribution is -2.39. The highest BCUT2D eigenvalue weighted by Gasteiger charge is 2.25. The minimum Gasteiger partial charge on any atom is -0.481 e. The zero-order valence-corrected chi connectivity index (χ0v) is 11.3. The lowest BCUT2D eigenvalue weighted by molar-refractivity contribution is -0.145. The molecule has 1 heterocycles. The third-order valence-electron chi connectivity index (χ3n) is 2.59. The standard InChI is InChI=1S/C10H17NO4.CH4S/c1-2-15-9(12)7-11-5-3-8(4-6-11)10(13)14;1-2/h8H,2-7H2,1H3,(H,13,14);2H,1H3. The molecule has 1 aliphatic rings. The van der Waals surface area contributed by atoms with E-state index in [1.165, 1.54) is 0 Å². The molecule has 0 bridgehead atoms. The van der Waals surface area contributed by atoms with Crippen LogP contribution in [0.1, 0.15) is 19.8 Å². The number of carbonyl (C=O) groups is 2. The van der Waals surface area contributed by atoms with Crippen LogP contribution in [0.15, 0.2) is 0 Å². The molecule has 0 amide bonds. The fraction of sp³-hybridized carbons (Fsp3) is 0.818. The Kier molecular flexibility index (Phi) is 8.89. The van der Waals surface area contributed by atoms with E-state index >= 15 is 0 Å². The first-order chi connectivity index (χ1) is 8.13. The van der Waals surface area contributed by atoms with Crippen molar-refractivity contribution in [3.63, 3.8) is 0 Å². The molecule has 0 aromatic rings. The van der Waals surface area contributed by atoms with Crippen molar-refractivity contribution in [1.29, 1.82) is 0 Å². The van der Waals surface area contributed by atoms with E-state index in [-0.39, 0.29) is 18.4 Å². The fourth-order valence-corrected chi connectivity index (χ4v) is 1.73. The Bertz CT molecular complexity index is 240. The summed E-state index contributed by atoms with van der Waals surface area (Å²) >= 11 is 3.53. The largest absolute Gasteiger partial charge is 0.481 e. The number of carboxylic acid groups (broad SMARTS) is 1. The Morgan fingerprint density at radius 1 is 1.35 bits per heavy atom. The van der Waals surface area contributed by atoms with Crippen molar-refractivity contribution < 1.29 is 19.4 Å². The summed E-state index contributed by atoms with van der Waals surface area (Å²) in [5.41, 5.74) is 0. The Morgan fingerprint density at radius 2 is 1.88 bits per heavy atom. The van der Waals surface area contributed by atoms with E-state index in [1.807, 2.05) is 4.90 Å². The van der Waals surface area contributed by atoms with Crippen LogP contribution >= 0.6 is 12.6 Å². The Morgan fingerprint density at radius 3 is 2.29 bits per heavy atom. The van der Waals surface area contributed by atoms with Gasteiger partial charge in [-0.1, -0.05) is 0 Å². The van der Waals surface area contributed by atoms with Crippen molar-refractivity contribution in [2.24, 2.45) is 5.92 Å². The van der Waals surface area contributed by atoms with Gasteiger partial charge >= 0.3 is 11.9 Å². The first-order valence-electron chi connectivity index (χ1n) is 5.69. The summed E-state index contributed by atoms with van der Waals surface area (Å²) in [6.07, 6.45) is 2.93. The maximum absolute atomic E-state index is 11.1. The zero-order chi connectivity index (χ0) is 13.3. The fourth-order valence-electron chi connectivity index (χ4n) is 1.73. The SMILES string of the molecule is CCOC(=O)CN1CCC(C(=O)O)CC1.CS. The number of hydrogen-bond acceptors (Lipinski definition) is 5. The molecule has 1 aliphatic heterocycles. The van der Waals surface area contributed by atoms with E-state index in [1.54, 1.807) is 13.2 Å². The van der Waals surface area contributed by atoms with Gasteiger partial charge in [-0.3, -0.25) is 14.5 Å². The molecule has 0 saturated carbocycles. The highest BCUT2D eigenvalue weighted by atomic mass is 32.1. The molecule has 0 aromatic carbocycles. The Hall–Kier alpha value is -0.750. The minimum absolute atomic E-state index is 0.230. The van der Waals surface area contributed by atoms with Gasteiger partial charge in [0.1, 0.15) is 0 Å². The Balaban J connectivity index is 0.00000121. The first kappa shape index (κ1) is 16.2.